The second-order valence-electron chi connectivity index (χ2n) is 6.29. The van der Waals surface area contributed by atoms with E-state index in [9.17, 15) is 9.59 Å². The SMILES string of the molecule is Cc1ccc2c(COC(=O)Cn3nnc(-c4ccsc4)n3)cc(=O)oc2c1C. The zero-order valence-electron chi connectivity index (χ0n) is 15.2. The van der Waals surface area contributed by atoms with E-state index in [4.69, 9.17) is 9.15 Å². The summed E-state index contributed by atoms with van der Waals surface area (Å²) < 4.78 is 10.6. The van der Waals surface area contributed by atoms with E-state index in [0.717, 1.165) is 22.1 Å². The van der Waals surface area contributed by atoms with Gasteiger partial charge in [-0.1, -0.05) is 12.1 Å². The van der Waals surface area contributed by atoms with Crippen LogP contribution in [0.5, 0.6) is 0 Å². The van der Waals surface area contributed by atoms with Crippen molar-refractivity contribution >= 4 is 28.3 Å². The molecule has 0 atom stereocenters. The summed E-state index contributed by atoms with van der Waals surface area (Å²) in [6, 6.07) is 7.01. The van der Waals surface area contributed by atoms with Gasteiger partial charge in [0.15, 0.2) is 6.54 Å². The number of rotatable bonds is 5. The lowest BCUT2D eigenvalue weighted by molar-refractivity contribution is -0.146. The molecule has 0 unspecified atom stereocenters. The summed E-state index contributed by atoms with van der Waals surface area (Å²) in [7, 11) is 0. The fraction of sp³-hybridized carbons (Fsp3) is 0.211. The fourth-order valence-electron chi connectivity index (χ4n) is 2.78. The van der Waals surface area contributed by atoms with Crippen LogP contribution in [0.15, 0.2) is 44.2 Å². The van der Waals surface area contributed by atoms with Crippen molar-refractivity contribution in [3.05, 3.63) is 62.1 Å². The highest BCUT2D eigenvalue weighted by Gasteiger charge is 2.13. The van der Waals surface area contributed by atoms with Gasteiger partial charge in [-0.3, -0.25) is 0 Å². The average Bonchev–Trinajstić information content (AvgIpc) is 3.35. The van der Waals surface area contributed by atoms with Crippen LogP contribution in [0.3, 0.4) is 0 Å². The Bertz CT molecular complexity index is 1210. The van der Waals surface area contributed by atoms with Crippen molar-refractivity contribution in [3.63, 3.8) is 0 Å². The standard InChI is InChI=1S/C19H16N4O4S/c1-11-3-4-15-14(7-16(24)27-18(15)12(11)2)9-26-17(25)8-23-21-19(20-22-23)13-5-6-28-10-13/h3-7,10H,8-9H2,1-2H3. The first-order valence-electron chi connectivity index (χ1n) is 8.50. The molecule has 8 nitrogen and oxygen atoms in total. The molecule has 1 aromatic carbocycles. The Hall–Kier alpha value is -3.33. The summed E-state index contributed by atoms with van der Waals surface area (Å²) in [5.74, 6) is -0.0777. The number of ether oxygens (including phenoxy) is 1. The van der Waals surface area contributed by atoms with E-state index in [1.165, 1.54) is 22.2 Å². The molecule has 9 heteroatoms. The quantitative estimate of drug-likeness (QED) is 0.378. The van der Waals surface area contributed by atoms with Crippen LogP contribution in [-0.2, 0) is 22.7 Å². The molecule has 3 heterocycles. The van der Waals surface area contributed by atoms with Crippen LogP contribution in [0, 0.1) is 13.8 Å². The number of carbonyl (C=O) groups is 1. The molecule has 3 aromatic heterocycles. The number of fused-ring (bicyclic) bond motifs is 1. The van der Waals surface area contributed by atoms with Gasteiger partial charge in [-0.25, -0.2) is 9.59 Å². The van der Waals surface area contributed by atoms with Crippen LogP contribution < -0.4 is 5.63 Å². The number of nitrogens with zero attached hydrogens (tertiary/aromatic N) is 4. The molecule has 0 aliphatic rings. The maximum absolute atomic E-state index is 12.2. The lowest BCUT2D eigenvalue weighted by Crippen LogP contribution is -2.16. The first-order chi connectivity index (χ1) is 13.5. The van der Waals surface area contributed by atoms with Gasteiger partial charge in [-0.15, -0.1) is 10.2 Å². The Kier molecular flexibility index (Phi) is 4.74. The Morgan fingerprint density at radius 1 is 1.29 bits per heavy atom. The molecule has 0 fully saturated rings. The molecular formula is C19H16N4O4S. The first kappa shape index (κ1) is 18.1. The average molecular weight is 396 g/mol. The van der Waals surface area contributed by atoms with Gasteiger partial charge in [-0.2, -0.15) is 16.1 Å². The number of benzene rings is 1. The summed E-state index contributed by atoms with van der Waals surface area (Å²) in [5, 5.41) is 16.5. The summed E-state index contributed by atoms with van der Waals surface area (Å²) in [5.41, 5.74) is 3.37. The van der Waals surface area contributed by atoms with Gasteiger partial charge in [0, 0.05) is 28.0 Å². The van der Waals surface area contributed by atoms with Crippen molar-refractivity contribution in [1.29, 1.82) is 0 Å². The van der Waals surface area contributed by atoms with Crippen LogP contribution in [0.2, 0.25) is 0 Å². The van der Waals surface area contributed by atoms with E-state index in [-0.39, 0.29) is 13.2 Å². The summed E-state index contributed by atoms with van der Waals surface area (Å²) in [6.45, 7) is 3.61. The van der Waals surface area contributed by atoms with Crippen molar-refractivity contribution in [2.45, 2.75) is 27.0 Å². The predicted molar refractivity (Wildman–Crippen MR) is 103 cm³/mol. The molecule has 4 rings (SSSR count). The smallest absolute Gasteiger partial charge is 0.336 e. The minimum atomic E-state index is -0.528. The van der Waals surface area contributed by atoms with Crippen molar-refractivity contribution in [1.82, 2.24) is 20.2 Å². The number of thiophene rings is 1. The van der Waals surface area contributed by atoms with Gasteiger partial charge in [0.25, 0.3) is 0 Å². The maximum atomic E-state index is 12.2. The van der Waals surface area contributed by atoms with Gasteiger partial charge in [0.2, 0.25) is 5.82 Å². The molecule has 142 valence electrons. The Morgan fingerprint density at radius 2 is 2.14 bits per heavy atom. The van der Waals surface area contributed by atoms with Crippen molar-refractivity contribution in [3.8, 4) is 11.4 Å². The minimum Gasteiger partial charge on any atom is -0.459 e. The molecule has 0 aliphatic heterocycles. The summed E-state index contributed by atoms with van der Waals surface area (Å²) in [4.78, 5) is 25.2. The second-order valence-corrected chi connectivity index (χ2v) is 7.07. The number of aryl methyl sites for hydroxylation is 2. The highest BCUT2D eigenvalue weighted by Crippen LogP contribution is 2.23. The lowest BCUT2D eigenvalue weighted by atomic mass is 10.0. The number of tetrazole rings is 1. The molecule has 0 N–H and O–H groups in total. The normalized spacial score (nSPS) is 11.1. The van der Waals surface area contributed by atoms with Crippen LogP contribution in [0.25, 0.3) is 22.4 Å². The Labute approximate surface area is 163 Å². The zero-order valence-corrected chi connectivity index (χ0v) is 16.0. The van der Waals surface area contributed by atoms with Crippen LogP contribution in [0.1, 0.15) is 16.7 Å². The monoisotopic (exact) mass is 396 g/mol. The molecule has 0 radical (unpaired) electrons. The highest BCUT2D eigenvalue weighted by atomic mass is 32.1. The summed E-state index contributed by atoms with van der Waals surface area (Å²) >= 11 is 1.53. The van der Waals surface area contributed by atoms with Gasteiger partial charge < -0.3 is 9.15 Å². The number of aromatic nitrogens is 4. The van der Waals surface area contributed by atoms with Gasteiger partial charge in [0.1, 0.15) is 12.2 Å². The Balaban J connectivity index is 1.48. The van der Waals surface area contributed by atoms with Gasteiger partial charge in [0.05, 0.1) is 0 Å². The van der Waals surface area contributed by atoms with Gasteiger partial charge >= 0.3 is 11.6 Å². The van der Waals surface area contributed by atoms with E-state index >= 15 is 0 Å². The largest absolute Gasteiger partial charge is 0.459 e. The zero-order chi connectivity index (χ0) is 19.7. The third-order valence-electron chi connectivity index (χ3n) is 4.41. The second kappa shape index (κ2) is 7.35. The molecule has 4 aromatic rings. The molecule has 0 spiro atoms. The molecule has 0 amide bonds. The topological polar surface area (TPSA) is 100 Å². The van der Waals surface area contributed by atoms with Crippen LogP contribution >= 0.6 is 11.3 Å². The minimum absolute atomic E-state index is 0.0461. The lowest BCUT2D eigenvalue weighted by Gasteiger charge is -2.09. The summed E-state index contributed by atoms with van der Waals surface area (Å²) in [6.07, 6.45) is 0. The predicted octanol–water partition coefficient (Wildman–Crippen LogP) is 2.87. The molecule has 0 saturated heterocycles. The van der Waals surface area contributed by atoms with E-state index in [2.05, 4.69) is 15.4 Å². The third kappa shape index (κ3) is 3.56. The number of hydrogen-bond acceptors (Lipinski definition) is 8. The van der Waals surface area contributed by atoms with Crippen LogP contribution in [-0.4, -0.2) is 26.2 Å². The van der Waals surface area contributed by atoms with Gasteiger partial charge in [-0.05, 0) is 41.6 Å². The Morgan fingerprint density at radius 3 is 2.93 bits per heavy atom. The van der Waals surface area contributed by atoms with Crippen molar-refractivity contribution in [2.75, 3.05) is 0 Å². The van der Waals surface area contributed by atoms with E-state index < -0.39 is 11.6 Å². The van der Waals surface area contributed by atoms with Crippen LogP contribution in [0.4, 0.5) is 0 Å². The molecule has 28 heavy (non-hydrogen) atoms. The molecule has 0 aliphatic carbocycles. The highest BCUT2D eigenvalue weighted by molar-refractivity contribution is 7.08. The number of hydrogen-bond donors (Lipinski definition) is 0. The van der Waals surface area contributed by atoms with Crippen molar-refractivity contribution in [2.24, 2.45) is 0 Å². The van der Waals surface area contributed by atoms with E-state index in [0.29, 0.717) is 17.0 Å². The first-order valence-corrected chi connectivity index (χ1v) is 9.44. The van der Waals surface area contributed by atoms with E-state index in [1.54, 1.807) is 0 Å². The molecule has 0 saturated carbocycles. The number of carbonyl (C=O) groups excluding carboxylic acids is 1. The van der Waals surface area contributed by atoms with E-state index in [1.807, 2.05) is 42.8 Å². The fourth-order valence-corrected chi connectivity index (χ4v) is 3.42. The molecule has 0 bridgehead atoms. The number of esters is 1. The third-order valence-corrected chi connectivity index (χ3v) is 5.09. The molecular weight excluding hydrogens is 380 g/mol. The van der Waals surface area contributed by atoms with Crippen molar-refractivity contribution < 1.29 is 13.9 Å². The maximum Gasteiger partial charge on any atom is 0.336 e.